The van der Waals surface area contributed by atoms with Crippen LogP contribution in [-0.4, -0.2) is 59.5 Å². The van der Waals surface area contributed by atoms with Gasteiger partial charge in [-0.15, -0.1) is 0 Å². The lowest BCUT2D eigenvalue weighted by atomic mass is 10.1. The van der Waals surface area contributed by atoms with Crippen LogP contribution in [-0.2, 0) is 7.05 Å². The lowest BCUT2D eigenvalue weighted by Gasteiger charge is -2.34. The topological polar surface area (TPSA) is 38.0 Å². The molecule has 0 bridgehead atoms. The molecule has 0 aliphatic carbocycles. The summed E-state index contributed by atoms with van der Waals surface area (Å²) in [5, 5.41) is 1.28. The van der Waals surface area contributed by atoms with Crippen molar-refractivity contribution >= 4 is 28.7 Å². The second-order valence-electron chi connectivity index (χ2n) is 8.11. The van der Waals surface area contributed by atoms with E-state index in [9.17, 15) is 0 Å². The summed E-state index contributed by atoms with van der Waals surface area (Å²) in [4.78, 5) is 4.88. The van der Waals surface area contributed by atoms with Gasteiger partial charge >= 0.3 is 0 Å². The van der Waals surface area contributed by atoms with Gasteiger partial charge in [-0.05, 0) is 36.9 Å². The Bertz CT molecular complexity index is 1110. The molecule has 0 spiro atoms. The Labute approximate surface area is 190 Å². The van der Waals surface area contributed by atoms with Gasteiger partial charge in [0.15, 0.2) is 11.5 Å². The Morgan fingerprint density at radius 2 is 1.50 bits per heavy atom. The molecule has 168 valence electrons. The Balaban J connectivity index is 1.77. The first-order chi connectivity index (χ1) is 15.5. The van der Waals surface area contributed by atoms with E-state index in [1.54, 1.807) is 21.3 Å². The number of anilines is 1. The first-order valence-corrected chi connectivity index (χ1v) is 10.9. The predicted octanol–water partition coefficient (Wildman–Crippen LogP) is 3.61. The molecule has 0 atom stereocenters. The van der Waals surface area contributed by atoms with Crippen LogP contribution in [0.2, 0.25) is 0 Å². The standard InChI is InChI=1S/C26H32N3O3/c1-27-12-14-29(15-13-27)23-18-20(28(2)22-9-7-6-8-21(22)23)11-10-19-16-24(30-3)26(32-5)25(17-19)31-4/h6-11,16-18H,12-15H2,1-5H3/q+1/b11-10+. The zero-order valence-electron chi connectivity index (χ0n) is 19.6. The molecule has 1 fully saturated rings. The van der Waals surface area contributed by atoms with Gasteiger partial charge in [0.25, 0.3) is 0 Å². The van der Waals surface area contributed by atoms with Gasteiger partial charge in [-0.1, -0.05) is 12.1 Å². The summed E-state index contributed by atoms with van der Waals surface area (Å²) >= 11 is 0. The molecule has 3 aromatic rings. The average Bonchev–Trinajstić information content (AvgIpc) is 2.83. The molecule has 1 saturated heterocycles. The van der Waals surface area contributed by atoms with Crippen LogP contribution >= 0.6 is 0 Å². The molecule has 4 rings (SSSR count). The van der Waals surface area contributed by atoms with Crippen molar-refractivity contribution in [1.82, 2.24) is 4.90 Å². The third-order valence-electron chi connectivity index (χ3n) is 6.19. The molecular formula is C26H32N3O3+. The minimum Gasteiger partial charge on any atom is -0.493 e. The molecule has 2 heterocycles. The van der Waals surface area contributed by atoms with Gasteiger partial charge in [0.1, 0.15) is 7.05 Å². The predicted molar refractivity (Wildman–Crippen MR) is 130 cm³/mol. The van der Waals surface area contributed by atoms with Gasteiger partial charge in [0.2, 0.25) is 17.0 Å². The smallest absolute Gasteiger partial charge is 0.214 e. The summed E-state index contributed by atoms with van der Waals surface area (Å²) in [5.74, 6) is 1.89. The molecule has 1 aliphatic rings. The second-order valence-corrected chi connectivity index (χ2v) is 8.11. The summed E-state index contributed by atoms with van der Waals surface area (Å²) in [6, 6.07) is 14.8. The van der Waals surface area contributed by atoms with Crippen molar-refractivity contribution in [3.05, 3.63) is 53.7 Å². The molecule has 6 nitrogen and oxygen atoms in total. The van der Waals surface area contributed by atoms with Crippen molar-refractivity contribution in [3.63, 3.8) is 0 Å². The number of methoxy groups -OCH3 is 3. The number of hydrogen-bond acceptors (Lipinski definition) is 5. The van der Waals surface area contributed by atoms with Gasteiger partial charge in [-0.3, -0.25) is 0 Å². The minimum atomic E-state index is 0.598. The third kappa shape index (κ3) is 4.23. The Hall–Kier alpha value is -3.25. The first kappa shape index (κ1) is 22.0. The number of nitrogens with zero attached hydrogens (tertiary/aromatic N) is 3. The summed E-state index contributed by atoms with van der Waals surface area (Å²) < 4.78 is 18.7. The van der Waals surface area contributed by atoms with Crippen LogP contribution in [0.3, 0.4) is 0 Å². The molecule has 0 saturated carbocycles. The molecule has 1 aromatic heterocycles. The molecular weight excluding hydrogens is 402 g/mol. The molecule has 1 aliphatic heterocycles. The van der Waals surface area contributed by atoms with E-state index >= 15 is 0 Å². The quantitative estimate of drug-likeness (QED) is 0.554. The highest BCUT2D eigenvalue weighted by atomic mass is 16.5. The number of ether oxygens (including phenoxy) is 3. The number of piperazine rings is 1. The average molecular weight is 435 g/mol. The van der Waals surface area contributed by atoms with Gasteiger partial charge in [0.05, 0.1) is 32.4 Å². The summed E-state index contributed by atoms with van der Waals surface area (Å²) in [7, 11) is 9.19. The monoisotopic (exact) mass is 434 g/mol. The van der Waals surface area contributed by atoms with Gasteiger partial charge in [0, 0.05) is 44.4 Å². The van der Waals surface area contributed by atoms with Crippen molar-refractivity contribution in [1.29, 1.82) is 0 Å². The first-order valence-electron chi connectivity index (χ1n) is 10.9. The normalized spacial score (nSPS) is 14.8. The van der Waals surface area contributed by atoms with Crippen molar-refractivity contribution in [2.45, 2.75) is 0 Å². The van der Waals surface area contributed by atoms with Crippen molar-refractivity contribution in [3.8, 4) is 17.2 Å². The van der Waals surface area contributed by atoms with Gasteiger partial charge < -0.3 is 24.0 Å². The number of likely N-dealkylation sites (N-methyl/N-ethyl adjacent to an activating group) is 1. The fourth-order valence-corrected chi connectivity index (χ4v) is 4.28. The highest BCUT2D eigenvalue weighted by molar-refractivity contribution is 5.91. The zero-order chi connectivity index (χ0) is 22.7. The molecule has 0 N–H and O–H groups in total. The van der Waals surface area contributed by atoms with Crippen LogP contribution in [0.4, 0.5) is 5.69 Å². The second kappa shape index (κ2) is 9.49. The number of benzene rings is 2. The van der Waals surface area contributed by atoms with Crippen LogP contribution in [0.25, 0.3) is 23.1 Å². The van der Waals surface area contributed by atoms with E-state index in [1.807, 2.05) is 12.1 Å². The molecule has 2 aromatic carbocycles. The number of para-hydroxylation sites is 1. The van der Waals surface area contributed by atoms with E-state index < -0.39 is 0 Å². The number of rotatable bonds is 6. The molecule has 6 heteroatoms. The van der Waals surface area contributed by atoms with Crippen molar-refractivity contribution in [2.24, 2.45) is 7.05 Å². The van der Waals surface area contributed by atoms with E-state index in [4.69, 9.17) is 14.2 Å². The molecule has 0 unspecified atom stereocenters. The zero-order valence-corrected chi connectivity index (χ0v) is 19.6. The van der Waals surface area contributed by atoms with E-state index in [0.717, 1.165) is 37.4 Å². The minimum absolute atomic E-state index is 0.598. The molecule has 32 heavy (non-hydrogen) atoms. The van der Waals surface area contributed by atoms with Crippen molar-refractivity contribution in [2.75, 3.05) is 59.5 Å². The number of pyridine rings is 1. The largest absolute Gasteiger partial charge is 0.493 e. The van der Waals surface area contributed by atoms with Crippen LogP contribution in [0.1, 0.15) is 11.3 Å². The summed E-state index contributed by atoms with van der Waals surface area (Å²) in [6.07, 6.45) is 4.23. The fourth-order valence-electron chi connectivity index (χ4n) is 4.28. The molecule has 0 amide bonds. The van der Waals surface area contributed by atoms with Crippen molar-refractivity contribution < 1.29 is 18.8 Å². The third-order valence-corrected chi connectivity index (χ3v) is 6.19. The van der Waals surface area contributed by atoms with E-state index in [2.05, 4.69) is 70.9 Å². The number of aryl methyl sites for hydroxylation is 1. The highest BCUT2D eigenvalue weighted by Crippen LogP contribution is 2.38. The number of fused-ring (bicyclic) bond motifs is 1. The maximum atomic E-state index is 5.51. The van der Waals surface area contributed by atoms with Gasteiger partial charge in [-0.2, -0.15) is 4.57 Å². The number of aromatic nitrogens is 1. The molecule has 0 radical (unpaired) electrons. The van der Waals surface area contributed by atoms with Gasteiger partial charge in [-0.25, -0.2) is 0 Å². The lowest BCUT2D eigenvalue weighted by molar-refractivity contribution is -0.646. The van der Waals surface area contributed by atoms with Crippen LogP contribution in [0.15, 0.2) is 42.5 Å². The maximum Gasteiger partial charge on any atom is 0.214 e. The lowest BCUT2D eigenvalue weighted by Crippen LogP contribution is -2.45. The Morgan fingerprint density at radius 1 is 0.844 bits per heavy atom. The Kier molecular flexibility index (Phi) is 6.51. The summed E-state index contributed by atoms with van der Waals surface area (Å²) in [6.45, 7) is 4.21. The SMILES string of the molecule is COc1cc(/C=C/c2cc(N3CCN(C)CC3)c3ccccc3[n+]2C)cc(OC)c1OC. The van der Waals surface area contributed by atoms with E-state index in [-0.39, 0.29) is 0 Å². The van der Waals surface area contributed by atoms with Crippen LogP contribution < -0.4 is 23.7 Å². The highest BCUT2D eigenvalue weighted by Gasteiger charge is 2.21. The van der Waals surface area contributed by atoms with Crippen LogP contribution in [0, 0.1) is 0 Å². The fraction of sp³-hybridized carbons (Fsp3) is 0.346. The maximum absolute atomic E-state index is 5.51. The van der Waals surface area contributed by atoms with E-state index in [1.165, 1.54) is 16.6 Å². The van der Waals surface area contributed by atoms with Crippen LogP contribution in [0.5, 0.6) is 17.2 Å². The van der Waals surface area contributed by atoms with E-state index in [0.29, 0.717) is 17.2 Å². The Morgan fingerprint density at radius 3 is 2.12 bits per heavy atom. The summed E-state index contributed by atoms with van der Waals surface area (Å²) in [5.41, 5.74) is 4.62. The number of hydrogen-bond donors (Lipinski definition) is 0.